The first-order chi connectivity index (χ1) is 10.8. The van der Waals surface area contributed by atoms with Gasteiger partial charge in [-0.15, -0.1) is 11.3 Å². The summed E-state index contributed by atoms with van der Waals surface area (Å²) >= 11 is 1.62. The molecule has 22 heavy (non-hydrogen) atoms. The highest BCUT2D eigenvalue weighted by Gasteiger charge is 2.20. The van der Waals surface area contributed by atoms with Gasteiger partial charge in [0.15, 0.2) is 5.69 Å². The summed E-state index contributed by atoms with van der Waals surface area (Å²) in [6.45, 7) is 0. The van der Waals surface area contributed by atoms with Crippen molar-refractivity contribution in [2.45, 2.75) is 0 Å². The van der Waals surface area contributed by atoms with E-state index in [1.54, 1.807) is 11.3 Å². The molecule has 0 aliphatic heterocycles. The molecule has 0 aliphatic carbocycles. The van der Waals surface area contributed by atoms with Gasteiger partial charge in [0.05, 0.1) is 4.92 Å². The van der Waals surface area contributed by atoms with E-state index in [1.165, 1.54) is 12.5 Å². The summed E-state index contributed by atoms with van der Waals surface area (Å²) in [6.07, 6.45) is 2.59. The van der Waals surface area contributed by atoms with Crippen LogP contribution in [0.4, 0.5) is 5.69 Å². The molecule has 0 spiro atoms. The molecule has 0 N–H and O–H groups in total. The maximum Gasteiger partial charge on any atom is 0.313 e. The van der Waals surface area contributed by atoms with E-state index >= 15 is 0 Å². The second-order valence-corrected chi connectivity index (χ2v) is 5.85. The maximum atomic E-state index is 11.2. The predicted molar refractivity (Wildman–Crippen MR) is 87.0 cm³/mol. The molecule has 0 atom stereocenters. The molecule has 0 radical (unpaired) electrons. The molecule has 0 fully saturated rings. The highest BCUT2D eigenvalue weighted by molar-refractivity contribution is 7.26. The molecule has 2 aromatic heterocycles. The minimum absolute atomic E-state index is 0.0764. The van der Waals surface area contributed by atoms with Crippen LogP contribution in [0.5, 0.6) is 0 Å². The lowest BCUT2D eigenvalue weighted by atomic mass is 10.1. The molecule has 0 bridgehead atoms. The van der Waals surface area contributed by atoms with E-state index in [0.29, 0.717) is 5.69 Å². The standard InChI is InChI=1S/C16H9N3O2S/c20-19(21)13-8-17-9-18-15(13)12-6-3-5-11-10-4-1-2-7-14(10)22-16(11)12/h1-9H. The number of benzene rings is 2. The van der Waals surface area contributed by atoms with Crippen LogP contribution in [0.1, 0.15) is 0 Å². The van der Waals surface area contributed by atoms with E-state index < -0.39 is 4.92 Å². The van der Waals surface area contributed by atoms with Crippen molar-refractivity contribution in [1.82, 2.24) is 9.97 Å². The Morgan fingerprint density at radius 3 is 2.73 bits per heavy atom. The molecule has 2 aromatic carbocycles. The molecule has 0 aliphatic rings. The lowest BCUT2D eigenvalue weighted by molar-refractivity contribution is -0.384. The third-order valence-corrected chi connectivity index (χ3v) is 4.77. The summed E-state index contributed by atoms with van der Waals surface area (Å²) in [6, 6.07) is 13.9. The summed E-state index contributed by atoms with van der Waals surface area (Å²) in [4.78, 5) is 18.7. The van der Waals surface area contributed by atoms with Crippen molar-refractivity contribution in [3.8, 4) is 11.3 Å². The Bertz CT molecular complexity index is 1030. The first-order valence-electron chi connectivity index (χ1n) is 6.61. The summed E-state index contributed by atoms with van der Waals surface area (Å²) < 4.78 is 2.16. The number of hydrogen-bond acceptors (Lipinski definition) is 5. The van der Waals surface area contributed by atoms with Crippen LogP contribution in [0.3, 0.4) is 0 Å². The van der Waals surface area contributed by atoms with Gasteiger partial charge in [0.2, 0.25) is 0 Å². The minimum Gasteiger partial charge on any atom is -0.258 e. The molecular weight excluding hydrogens is 298 g/mol. The Morgan fingerprint density at radius 2 is 1.86 bits per heavy atom. The van der Waals surface area contributed by atoms with Crippen LogP contribution in [-0.4, -0.2) is 14.9 Å². The number of hydrogen-bond donors (Lipinski definition) is 0. The van der Waals surface area contributed by atoms with E-state index in [0.717, 1.165) is 25.7 Å². The third-order valence-electron chi connectivity index (χ3n) is 3.55. The zero-order valence-corrected chi connectivity index (χ0v) is 12.1. The molecule has 4 aromatic rings. The summed E-state index contributed by atoms with van der Waals surface area (Å²) in [7, 11) is 0. The molecule has 0 unspecified atom stereocenters. The fraction of sp³-hybridized carbons (Fsp3) is 0. The highest BCUT2D eigenvalue weighted by atomic mass is 32.1. The molecule has 106 valence electrons. The van der Waals surface area contributed by atoms with Gasteiger partial charge in [-0.25, -0.2) is 9.97 Å². The lowest BCUT2D eigenvalue weighted by Gasteiger charge is -2.03. The van der Waals surface area contributed by atoms with E-state index in [2.05, 4.69) is 22.1 Å². The van der Waals surface area contributed by atoms with Gasteiger partial charge in [-0.2, -0.15) is 0 Å². The monoisotopic (exact) mass is 307 g/mol. The highest BCUT2D eigenvalue weighted by Crippen LogP contribution is 2.40. The number of nitro groups is 1. The zero-order valence-electron chi connectivity index (χ0n) is 11.3. The Hall–Kier alpha value is -2.86. The summed E-state index contributed by atoms with van der Waals surface area (Å²) in [5.41, 5.74) is 1.05. The molecule has 4 rings (SSSR count). The minimum atomic E-state index is -0.443. The van der Waals surface area contributed by atoms with Crippen molar-refractivity contribution in [2.24, 2.45) is 0 Å². The van der Waals surface area contributed by atoms with Gasteiger partial charge >= 0.3 is 5.69 Å². The molecule has 0 amide bonds. The fourth-order valence-electron chi connectivity index (χ4n) is 2.60. The fourth-order valence-corrected chi connectivity index (χ4v) is 3.81. The first kappa shape index (κ1) is 12.8. The number of thiophene rings is 1. The number of rotatable bonds is 2. The van der Waals surface area contributed by atoms with Crippen molar-refractivity contribution in [3.63, 3.8) is 0 Å². The average molecular weight is 307 g/mol. The number of aromatic nitrogens is 2. The van der Waals surface area contributed by atoms with Crippen LogP contribution in [-0.2, 0) is 0 Å². The molecule has 0 saturated heterocycles. The van der Waals surface area contributed by atoms with E-state index in [1.807, 2.05) is 30.3 Å². The Morgan fingerprint density at radius 1 is 1.05 bits per heavy atom. The summed E-state index contributed by atoms with van der Waals surface area (Å²) in [5, 5.41) is 13.5. The third kappa shape index (κ3) is 1.85. The maximum absolute atomic E-state index is 11.2. The van der Waals surface area contributed by atoms with Crippen molar-refractivity contribution < 1.29 is 4.92 Å². The van der Waals surface area contributed by atoms with Gasteiger partial charge < -0.3 is 0 Å². The number of fused-ring (bicyclic) bond motifs is 3. The molecular formula is C16H9N3O2S. The van der Waals surface area contributed by atoms with E-state index in [4.69, 9.17) is 0 Å². The van der Waals surface area contributed by atoms with E-state index in [9.17, 15) is 10.1 Å². The number of nitrogens with zero attached hydrogens (tertiary/aromatic N) is 3. The van der Waals surface area contributed by atoms with Crippen molar-refractivity contribution in [2.75, 3.05) is 0 Å². The largest absolute Gasteiger partial charge is 0.313 e. The zero-order chi connectivity index (χ0) is 15.1. The Kier molecular flexibility index (Phi) is 2.83. The molecule has 5 nitrogen and oxygen atoms in total. The van der Waals surface area contributed by atoms with Crippen LogP contribution in [0, 0.1) is 10.1 Å². The van der Waals surface area contributed by atoms with Gasteiger partial charge in [-0.3, -0.25) is 10.1 Å². The average Bonchev–Trinajstić information content (AvgIpc) is 2.93. The van der Waals surface area contributed by atoms with Gasteiger partial charge in [-0.1, -0.05) is 36.4 Å². The predicted octanol–water partition coefficient (Wildman–Crippen LogP) is 4.42. The van der Waals surface area contributed by atoms with Gasteiger partial charge in [0.1, 0.15) is 12.5 Å². The van der Waals surface area contributed by atoms with Crippen molar-refractivity contribution in [1.29, 1.82) is 0 Å². The van der Waals surface area contributed by atoms with Crippen LogP contribution in [0.15, 0.2) is 55.0 Å². The van der Waals surface area contributed by atoms with Gasteiger partial charge in [0.25, 0.3) is 0 Å². The quantitative estimate of drug-likeness (QED) is 0.406. The molecule has 0 saturated carbocycles. The topological polar surface area (TPSA) is 68.9 Å². The second kappa shape index (κ2) is 4.85. The van der Waals surface area contributed by atoms with E-state index in [-0.39, 0.29) is 5.69 Å². The van der Waals surface area contributed by atoms with Crippen LogP contribution in [0.2, 0.25) is 0 Å². The SMILES string of the molecule is O=[N+]([O-])c1cncnc1-c1cccc2c1sc1ccccc12. The van der Waals surface area contributed by atoms with Crippen LogP contribution >= 0.6 is 11.3 Å². The van der Waals surface area contributed by atoms with Gasteiger partial charge in [-0.05, 0) is 6.07 Å². The van der Waals surface area contributed by atoms with Crippen molar-refractivity contribution in [3.05, 3.63) is 65.1 Å². The summed E-state index contributed by atoms with van der Waals surface area (Å²) in [5.74, 6) is 0. The Labute approximate surface area is 129 Å². The van der Waals surface area contributed by atoms with Gasteiger partial charge in [0, 0.05) is 25.7 Å². The van der Waals surface area contributed by atoms with Crippen LogP contribution in [0.25, 0.3) is 31.4 Å². The molecule has 6 heteroatoms. The first-order valence-corrected chi connectivity index (χ1v) is 7.42. The Balaban J connectivity index is 2.10. The normalized spacial score (nSPS) is 11.1. The smallest absolute Gasteiger partial charge is 0.258 e. The molecule has 2 heterocycles. The van der Waals surface area contributed by atoms with Crippen LogP contribution < -0.4 is 0 Å². The lowest BCUT2D eigenvalue weighted by Crippen LogP contribution is -1.95. The second-order valence-electron chi connectivity index (χ2n) is 4.79. The van der Waals surface area contributed by atoms with Crippen molar-refractivity contribution >= 4 is 37.2 Å².